The van der Waals surface area contributed by atoms with Gasteiger partial charge in [0, 0.05) is 6.04 Å². The topological polar surface area (TPSA) is 102 Å². The summed E-state index contributed by atoms with van der Waals surface area (Å²) >= 11 is 0. The molecule has 0 bridgehead atoms. The van der Waals surface area contributed by atoms with Crippen molar-refractivity contribution in [1.82, 2.24) is 9.97 Å². The van der Waals surface area contributed by atoms with Crippen LogP contribution < -0.4 is 16.4 Å². The minimum absolute atomic E-state index is 0.400. The SMILES string of the molecule is COC(=O)c1ccccc1Nc1ncnc(NC2CCCC2)c1N. The summed E-state index contributed by atoms with van der Waals surface area (Å²) < 4.78 is 4.80. The molecule has 126 valence electrons. The molecule has 0 unspecified atom stereocenters. The molecule has 24 heavy (non-hydrogen) atoms. The molecule has 0 saturated heterocycles. The van der Waals surface area contributed by atoms with E-state index in [1.807, 2.05) is 6.07 Å². The number of hydrogen-bond donors (Lipinski definition) is 3. The number of rotatable bonds is 5. The quantitative estimate of drug-likeness (QED) is 0.726. The molecule has 7 nitrogen and oxygen atoms in total. The van der Waals surface area contributed by atoms with Gasteiger partial charge < -0.3 is 21.1 Å². The Bertz CT molecular complexity index is 729. The van der Waals surface area contributed by atoms with Gasteiger partial charge >= 0.3 is 5.97 Å². The molecule has 1 aromatic carbocycles. The fraction of sp³-hybridized carbons (Fsp3) is 0.353. The van der Waals surface area contributed by atoms with E-state index in [2.05, 4.69) is 20.6 Å². The zero-order valence-electron chi connectivity index (χ0n) is 13.6. The number of nitrogen functional groups attached to an aromatic ring is 1. The summed E-state index contributed by atoms with van der Waals surface area (Å²) in [5.74, 6) is 0.659. The van der Waals surface area contributed by atoms with Crippen molar-refractivity contribution in [3.05, 3.63) is 36.2 Å². The number of anilines is 4. The van der Waals surface area contributed by atoms with Gasteiger partial charge in [-0.1, -0.05) is 25.0 Å². The molecular formula is C17H21N5O2. The molecule has 1 fully saturated rings. The molecule has 1 heterocycles. The van der Waals surface area contributed by atoms with E-state index in [1.54, 1.807) is 18.2 Å². The third-order valence-corrected chi connectivity index (χ3v) is 4.17. The van der Waals surface area contributed by atoms with Gasteiger partial charge in [0.25, 0.3) is 0 Å². The van der Waals surface area contributed by atoms with Crippen molar-refractivity contribution < 1.29 is 9.53 Å². The number of nitrogens with two attached hydrogens (primary N) is 1. The maximum absolute atomic E-state index is 11.9. The summed E-state index contributed by atoms with van der Waals surface area (Å²) in [6.45, 7) is 0. The third kappa shape index (κ3) is 3.40. The molecule has 1 saturated carbocycles. The average molecular weight is 327 g/mol. The van der Waals surface area contributed by atoms with E-state index in [9.17, 15) is 4.79 Å². The Morgan fingerprint density at radius 2 is 1.92 bits per heavy atom. The molecule has 0 radical (unpaired) electrons. The van der Waals surface area contributed by atoms with Crippen LogP contribution in [0.1, 0.15) is 36.0 Å². The molecule has 1 aliphatic rings. The van der Waals surface area contributed by atoms with Gasteiger partial charge in [0.2, 0.25) is 0 Å². The number of esters is 1. The number of methoxy groups -OCH3 is 1. The van der Waals surface area contributed by atoms with Gasteiger partial charge in [0.05, 0.1) is 18.4 Å². The van der Waals surface area contributed by atoms with Crippen molar-refractivity contribution in [2.45, 2.75) is 31.7 Å². The lowest BCUT2D eigenvalue weighted by molar-refractivity contribution is 0.0602. The van der Waals surface area contributed by atoms with E-state index >= 15 is 0 Å². The first-order valence-corrected chi connectivity index (χ1v) is 8.00. The molecule has 4 N–H and O–H groups in total. The average Bonchev–Trinajstić information content (AvgIpc) is 3.11. The molecule has 0 amide bonds. The highest BCUT2D eigenvalue weighted by atomic mass is 16.5. The fourth-order valence-electron chi connectivity index (χ4n) is 2.88. The van der Waals surface area contributed by atoms with Crippen LogP contribution in [0.15, 0.2) is 30.6 Å². The van der Waals surface area contributed by atoms with Crippen LogP contribution in [0.3, 0.4) is 0 Å². The molecule has 1 aromatic heterocycles. The lowest BCUT2D eigenvalue weighted by atomic mass is 10.2. The zero-order chi connectivity index (χ0) is 16.9. The Kier molecular flexibility index (Phi) is 4.79. The molecule has 0 atom stereocenters. The summed E-state index contributed by atoms with van der Waals surface area (Å²) in [4.78, 5) is 20.3. The first kappa shape index (κ1) is 16.0. The van der Waals surface area contributed by atoms with Crippen LogP contribution in [0.2, 0.25) is 0 Å². The van der Waals surface area contributed by atoms with E-state index in [0.29, 0.717) is 34.6 Å². The van der Waals surface area contributed by atoms with E-state index < -0.39 is 5.97 Å². The van der Waals surface area contributed by atoms with Gasteiger partial charge in [0.1, 0.15) is 12.0 Å². The Hall–Kier alpha value is -2.83. The van der Waals surface area contributed by atoms with E-state index in [1.165, 1.54) is 26.3 Å². The molecule has 3 rings (SSSR count). The van der Waals surface area contributed by atoms with Crippen LogP contribution in [0, 0.1) is 0 Å². The molecule has 1 aliphatic carbocycles. The van der Waals surface area contributed by atoms with Crippen LogP contribution in [-0.2, 0) is 4.74 Å². The maximum Gasteiger partial charge on any atom is 0.339 e. The van der Waals surface area contributed by atoms with E-state index in [0.717, 1.165) is 12.8 Å². The normalized spacial score (nSPS) is 14.4. The van der Waals surface area contributed by atoms with E-state index in [4.69, 9.17) is 10.5 Å². The minimum atomic E-state index is -0.421. The first-order chi connectivity index (χ1) is 11.7. The number of nitrogens with zero attached hydrogens (tertiary/aromatic N) is 2. The van der Waals surface area contributed by atoms with Crippen LogP contribution in [0.5, 0.6) is 0 Å². The minimum Gasteiger partial charge on any atom is -0.465 e. The number of nitrogens with one attached hydrogen (secondary N) is 2. The summed E-state index contributed by atoms with van der Waals surface area (Å²) in [5.41, 5.74) is 7.64. The van der Waals surface area contributed by atoms with Gasteiger partial charge in [-0.25, -0.2) is 14.8 Å². The third-order valence-electron chi connectivity index (χ3n) is 4.17. The molecule has 0 aliphatic heterocycles. The second-order valence-corrected chi connectivity index (χ2v) is 5.77. The summed E-state index contributed by atoms with van der Waals surface area (Å²) in [7, 11) is 1.35. The van der Waals surface area contributed by atoms with Crippen molar-refractivity contribution >= 4 is 29.0 Å². The predicted molar refractivity (Wildman–Crippen MR) is 93.4 cm³/mol. The zero-order valence-corrected chi connectivity index (χ0v) is 13.6. The number of hydrogen-bond acceptors (Lipinski definition) is 7. The van der Waals surface area contributed by atoms with Gasteiger partial charge in [-0.3, -0.25) is 0 Å². The van der Waals surface area contributed by atoms with Crippen molar-refractivity contribution in [2.24, 2.45) is 0 Å². The maximum atomic E-state index is 11.9. The smallest absolute Gasteiger partial charge is 0.339 e. The molecular weight excluding hydrogens is 306 g/mol. The Labute approximate surface area is 140 Å². The lowest BCUT2D eigenvalue weighted by Gasteiger charge is -2.17. The molecule has 2 aromatic rings. The van der Waals surface area contributed by atoms with Crippen molar-refractivity contribution in [3.8, 4) is 0 Å². The monoisotopic (exact) mass is 327 g/mol. The number of benzene rings is 1. The van der Waals surface area contributed by atoms with Crippen molar-refractivity contribution in [2.75, 3.05) is 23.5 Å². The van der Waals surface area contributed by atoms with Crippen LogP contribution in [0.25, 0.3) is 0 Å². The number of ether oxygens (including phenoxy) is 1. The highest BCUT2D eigenvalue weighted by Gasteiger charge is 2.18. The number of carbonyl (C=O) groups excluding carboxylic acids is 1. The fourth-order valence-corrected chi connectivity index (χ4v) is 2.88. The van der Waals surface area contributed by atoms with Gasteiger partial charge in [-0.2, -0.15) is 0 Å². The van der Waals surface area contributed by atoms with Crippen molar-refractivity contribution in [1.29, 1.82) is 0 Å². The Balaban J connectivity index is 1.84. The number of aromatic nitrogens is 2. The summed E-state index contributed by atoms with van der Waals surface area (Å²) in [6, 6.07) is 7.45. The summed E-state index contributed by atoms with van der Waals surface area (Å²) in [6.07, 6.45) is 6.14. The lowest BCUT2D eigenvalue weighted by Crippen LogP contribution is -2.17. The van der Waals surface area contributed by atoms with Crippen LogP contribution >= 0.6 is 0 Å². The highest BCUT2D eigenvalue weighted by Crippen LogP contribution is 2.30. The first-order valence-electron chi connectivity index (χ1n) is 8.00. The van der Waals surface area contributed by atoms with Crippen molar-refractivity contribution in [3.63, 3.8) is 0 Å². The van der Waals surface area contributed by atoms with Crippen LogP contribution in [-0.4, -0.2) is 29.1 Å². The second kappa shape index (κ2) is 7.16. The largest absolute Gasteiger partial charge is 0.465 e. The Morgan fingerprint density at radius 1 is 1.21 bits per heavy atom. The number of para-hydroxylation sites is 1. The molecule has 7 heteroatoms. The van der Waals surface area contributed by atoms with E-state index in [-0.39, 0.29) is 0 Å². The standard InChI is InChI=1S/C17H21N5O2/c1-24-17(23)12-8-4-5-9-13(12)22-16-14(18)15(19-10-20-16)21-11-6-2-3-7-11/h4-5,8-11H,2-3,6-7,18H2,1H3,(H2,19,20,21,22). The molecule has 0 spiro atoms. The van der Waals surface area contributed by atoms with Gasteiger partial charge in [0.15, 0.2) is 11.6 Å². The van der Waals surface area contributed by atoms with Crippen LogP contribution in [0.4, 0.5) is 23.0 Å². The predicted octanol–water partition coefficient (Wildman–Crippen LogP) is 2.94. The highest BCUT2D eigenvalue weighted by molar-refractivity contribution is 5.97. The summed E-state index contributed by atoms with van der Waals surface area (Å²) in [5, 5.41) is 6.48. The van der Waals surface area contributed by atoms with Gasteiger partial charge in [-0.05, 0) is 25.0 Å². The Morgan fingerprint density at radius 3 is 2.67 bits per heavy atom. The second-order valence-electron chi connectivity index (χ2n) is 5.77. The van der Waals surface area contributed by atoms with Gasteiger partial charge in [-0.15, -0.1) is 0 Å². The number of carbonyl (C=O) groups is 1.